The second-order valence-corrected chi connectivity index (χ2v) is 13.0. The third-order valence-electron chi connectivity index (χ3n) is 8.51. The number of nitrogen functional groups attached to an aromatic ring is 1. The fraction of sp³-hybridized carbons (Fsp3) is 0.586. The van der Waals surface area contributed by atoms with Crippen LogP contribution < -0.4 is 20.1 Å². The van der Waals surface area contributed by atoms with Gasteiger partial charge in [-0.05, 0) is 45.3 Å². The first-order valence-electron chi connectivity index (χ1n) is 14.4. The van der Waals surface area contributed by atoms with Gasteiger partial charge in [-0.2, -0.15) is 9.97 Å². The molecule has 0 spiro atoms. The average Bonchev–Trinajstić information content (AvgIpc) is 3.22. The highest BCUT2D eigenvalue weighted by atomic mass is 32.1. The molecule has 2 unspecified atom stereocenters. The molecule has 226 valence electrons. The monoisotopic (exact) mass is 601 g/mol. The van der Waals surface area contributed by atoms with Gasteiger partial charge in [-0.15, -0.1) is 11.3 Å². The second-order valence-electron chi connectivity index (χ2n) is 11.9. The van der Waals surface area contributed by atoms with Gasteiger partial charge >= 0.3 is 6.01 Å². The number of hydrogen-bond donors (Lipinski definition) is 2. The molecule has 4 heterocycles. The number of nitrogens with one attached hydrogen (secondary N) is 1. The molecule has 6 rings (SSSR count). The second kappa shape index (κ2) is 10.7. The number of likely N-dealkylation sites (N-methyl/N-ethyl adjacent to an activating group) is 1. The van der Waals surface area contributed by atoms with Gasteiger partial charge in [-0.1, -0.05) is 18.5 Å². The molecule has 0 radical (unpaired) electrons. The van der Waals surface area contributed by atoms with Crippen molar-refractivity contribution >= 4 is 28.4 Å². The van der Waals surface area contributed by atoms with Crippen LogP contribution in [0, 0.1) is 10.8 Å². The van der Waals surface area contributed by atoms with E-state index in [1.54, 1.807) is 30.3 Å². The van der Waals surface area contributed by atoms with Crippen LogP contribution in [0.2, 0.25) is 0 Å². The molecule has 2 atom stereocenters. The van der Waals surface area contributed by atoms with Crippen LogP contribution in [0.1, 0.15) is 65.9 Å². The van der Waals surface area contributed by atoms with Crippen molar-refractivity contribution in [3.63, 3.8) is 0 Å². The van der Waals surface area contributed by atoms with E-state index >= 15 is 0 Å². The minimum absolute atomic E-state index is 0.00738. The topological polar surface area (TPSA) is 127 Å². The highest BCUT2D eigenvalue weighted by molar-refractivity contribution is 7.16. The molecule has 10 nitrogen and oxygen atoms in total. The fourth-order valence-corrected chi connectivity index (χ4v) is 7.58. The van der Waals surface area contributed by atoms with E-state index in [0.717, 1.165) is 54.6 Å². The van der Waals surface area contributed by atoms with Gasteiger partial charge in [0.05, 0.1) is 17.0 Å². The van der Waals surface area contributed by atoms with Crippen LogP contribution in [-0.4, -0.2) is 79.6 Å². The van der Waals surface area contributed by atoms with Crippen molar-refractivity contribution in [3.05, 3.63) is 27.3 Å². The Hall–Kier alpha value is -3.32. The number of ether oxygens (including phenoxy) is 2. The molecule has 3 N–H and O–H groups in total. The Bertz CT molecular complexity index is 1510. The van der Waals surface area contributed by atoms with E-state index in [2.05, 4.69) is 17.1 Å². The van der Waals surface area contributed by atoms with Crippen LogP contribution in [0.5, 0.6) is 11.8 Å². The summed E-state index contributed by atoms with van der Waals surface area (Å²) in [7, 11) is 5.45. The lowest BCUT2D eigenvalue weighted by Gasteiger charge is -2.28. The van der Waals surface area contributed by atoms with Crippen molar-refractivity contribution in [2.45, 2.75) is 57.3 Å². The molecule has 3 aromatic heterocycles. The predicted octanol–water partition coefficient (Wildman–Crippen LogP) is 4.99. The van der Waals surface area contributed by atoms with Crippen LogP contribution >= 0.6 is 11.3 Å². The smallest absolute Gasteiger partial charge is 0.319 e. The number of thiophene rings is 1. The van der Waals surface area contributed by atoms with Crippen LogP contribution in [0.3, 0.4) is 0 Å². The summed E-state index contributed by atoms with van der Waals surface area (Å²) in [4.78, 5) is 14.1. The Morgan fingerprint density at radius 2 is 2.07 bits per heavy atom. The summed E-state index contributed by atoms with van der Waals surface area (Å²) in [6.45, 7) is 3.18. The van der Waals surface area contributed by atoms with Crippen LogP contribution in [0.4, 0.5) is 19.6 Å². The van der Waals surface area contributed by atoms with E-state index < -0.39 is 11.3 Å². The number of alkyl halides is 2. The maximum absolute atomic E-state index is 14.4. The number of rotatable bonds is 10. The highest BCUT2D eigenvalue weighted by Gasteiger charge is 2.71. The van der Waals surface area contributed by atoms with Crippen molar-refractivity contribution < 1.29 is 22.8 Å². The number of hydrogen-bond acceptors (Lipinski definition) is 11. The predicted molar refractivity (Wildman–Crippen MR) is 158 cm³/mol. The number of aromatic nitrogens is 3. The molecular formula is C29H37F2N7O3S. The van der Waals surface area contributed by atoms with Crippen molar-refractivity contribution in [1.29, 1.82) is 5.41 Å². The summed E-state index contributed by atoms with van der Waals surface area (Å²) in [5.41, 5.74) is 8.78. The molecule has 0 saturated heterocycles. The maximum Gasteiger partial charge on any atom is 0.319 e. The summed E-state index contributed by atoms with van der Waals surface area (Å²) in [5, 5.41) is 13.2. The van der Waals surface area contributed by atoms with Crippen LogP contribution in [0.25, 0.3) is 11.4 Å². The lowest BCUT2D eigenvalue weighted by molar-refractivity contribution is 0.0288. The van der Waals surface area contributed by atoms with Gasteiger partial charge in [0.1, 0.15) is 30.4 Å². The van der Waals surface area contributed by atoms with E-state index in [1.807, 2.05) is 11.9 Å². The quantitative estimate of drug-likeness (QED) is 0.309. The van der Waals surface area contributed by atoms with Crippen LogP contribution in [-0.2, 0) is 12.8 Å². The first-order valence-corrected chi connectivity index (χ1v) is 15.2. The van der Waals surface area contributed by atoms with Crippen molar-refractivity contribution in [2.24, 2.45) is 5.41 Å². The normalized spacial score (nSPS) is 22.5. The van der Waals surface area contributed by atoms with Gasteiger partial charge in [-0.3, -0.25) is 0 Å². The number of nitrogens with zero attached hydrogens (tertiary/aromatic N) is 5. The Morgan fingerprint density at radius 3 is 2.76 bits per heavy atom. The molecule has 0 aromatic carbocycles. The van der Waals surface area contributed by atoms with Crippen molar-refractivity contribution in [3.8, 4) is 23.1 Å². The average molecular weight is 602 g/mol. The van der Waals surface area contributed by atoms with E-state index in [9.17, 15) is 8.78 Å². The van der Waals surface area contributed by atoms with Gasteiger partial charge in [0.25, 0.3) is 5.92 Å². The molecule has 3 aliphatic rings. The summed E-state index contributed by atoms with van der Waals surface area (Å²) in [6, 6.07) is 0.00738. The van der Waals surface area contributed by atoms with Crippen molar-refractivity contribution in [1.82, 2.24) is 20.0 Å². The SMILES string of the molecule is CCCc1sc(N)c(C=N)c1C1CCCc2c(-c3nc(OCC4(CN(C)C)CC4(F)F)nc4c3OCCN4C)noc21. The zero-order valence-electron chi connectivity index (χ0n) is 24.4. The molecule has 42 heavy (non-hydrogen) atoms. The maximum atomic E-state index is 14.4. The largest absolute Gasteiger partial charge is 0.486 e. The van der Waals surface area contributed by atoms with E-state index in [-0.39, 0.29) is 31.5 Å². The standard InChI is InChI=1S/C29H37F2N7O3S/c1-5-7-19-20(18(12-32)25(33)42-19)16-8-6-9-17-21(36-41-23(16)17)22-24-26(38(4)10-11-39-24)35-27(34-22)40-15-28(14-37(2)3)13-29(28,30)31/h12,16,32H,5-11,13-15,33H2,1-4H3. The summed E-state index contributed by atoms with van der Waals surface area (Å²) in [5.74, 6) is -1.14. The molecule has 1 fully saturated rings. The molecule has 3 aromatic rings. The Morgan fingerprint density at radius 1 is 1.29 bits per heavy atom. The summed E-state index contributed by atoms with van der Waals surface area (Å²) in [6.07, 6.45) is 5.43. The summed E-state index contributed by atoms with van der Waals surface area (Å²) < 4.78 is 46.9. The minimum atomic E-state index is -2.80. The van der Waals surface area contributed by atoms with E-state index in [1.165, 1.54) is 11.1 Å². The van der Waals surface area contributed by atoms with Gasteiger partial charge in [-0.25, -0.2) is 8.78 Å². The first kappa shape index (κ1) is 28.8. The zero-order valence-corrected chi connectivity index (χ0v) is 25.2. The molecule has 1 aliphatic heterocycles. The van der Waals surface area contributed by atoms with Gasteiger partial charge in [0.2, 0.25) is 0 Å². The third-order valence-corrected chi connectivity index (χ3v) is 9.62. The Labute approximate surface area is 247 Å². The lowest BCUT2D eigenvalue weighted by atomic mass is 9.80. The first-order chi connectivity index (χ1) is 20.1. The number of anilines is 2. The van der Waals surface area contributed by atoms with Gasteiger partial charge in [0.15, 0.2) is 11.6 Å². The number of halogens is 2. The Balaban J connectivity index is 1.40. The molecule has 0 bridgehead atoms. The molecular weight excluding hydrogens is 564 g/mol. The number of fused-ring (bicyclic) bond motifs is 2. The van der Waals surface area contributed by atoms with Gasteiger partial charge in [0, 0.05) is 48.1 Å². The fourth-order valence-electron chi connectivity index (χ4n) is 6.37. The highest BCUT2D eigenvalue weighted by Crippen LogP contribution is 2.60. The lowest BCUT2D eigenvalue weighted by Crippen LogP contribution is -2.33. The number of nitrogens with two attached hydrogens (primary N) is 1. The minimum Gasteiger partial charge on any atom is -0.486 e. The molecule has 1 saturated carbocycles. The molecule has 2 aliphatic carbocycles. The molecule has 13 heteroatoms. The molecule has 0 amide bonds. The summed E-state index contributed by atoms with van der Waals surface area (Å²) >= 11 is 1.54. The van der Waals surface area contributed by atoms with Gasteiger partial charge < -0.3 is 34.9 Å². The van der Waals surface area contributed by atoms with Crippen LogP contribution in [0.15, 0.2) is 4.52 Å². The van der Waals surface area contributed by atoms with E-state index in [4.69, 9.17) is 30.1 Å². The zero-order chi connectivity index (χ0) is 29.8. The number of aryl methyl sites for hydroxylation is 1. The third kappa shape index (κ3) is 4.80. The Kier molecular flexibility index (Phi) is 7.37. The van der Waals surface area contributed by atoms with E-state index in [0.29, 0.717) is 41.1 Å². The van der Waals surface area contributed by atoms with Crippen molar-refractivity contribution in [2.75, 3.05) is 58.1 Å².